The predicted octanol–water partition coefficient (Wildman–Crippen LogP) is 6.96. The van der Waals surface area contributed by atoms with Gasteiger partial charge in [-0.05, 0) is 74.9 Å². The van der Waals surface area contributed by atoms with Gasteiger partial charge < -0.3 is 14.7 Å². The first-order valence-corrected chi connectivity index (χ1v) is 15.4. The Hall–Kier alpha value is -3.47. The Labute approximate surface area is 250 Å². The zero-order valence-electron chi connectivity index (χ0n) is 23.7. The van der Waals surface area contributed by atoms with Gasteiger partial charge in [-0.25, -0.2) is 4.98 Å². The molecule has 0 saturated heterocycles. The van der Waals surface area contributed by atoms with Crippen molar-refractivity contribution in [2.24, 2.45) is 10.6 Å². The highest BCUT2D eigenvalue weighted by molar-refractivity contribution is 7.97. The van der Waals surface area contributed by atoms with Gasteiger partial charge in [-0.3, -0.25) is 19.9 Å². The average molecular weight is 592 g/mol. The van der Waals surface area contributed by atoms with Gasteiger partial charge in [-0.2, -0.15) is 0 Å². The number of nitrogens with zero attached hydrogens (tertiary/aromatic N) is 4. The topological polar surface area (TPSA) is 114 Å². The maximum absolute atomic E-state index is 11.8. The number of nitrogens with two attached hydrogens (primary N) is 1. The molecule has 4 aromatic rings. The fourth-order valence-electron chi connectivity index (χ4n) is 4.68. The zero-order chi connectivity index (χ0) is 29.2. The first-order valence-electron chi connectivity index (χ1n) is 13.7. The first kappa shape index (κ1) is 30.5. The van der Waals surface area contributed by atoms with Crippen LogP contribution < -0.4 is 14.8 Å². The molecule has 0 aliphatic heterocycles. The first-order chi connectivity index (χ1) is 19.8. The van der Waals surface area contributed by atoms with Crippen LogP contribution >= 0.6 is 23.3 Å². The average Bonchev–Trinajstić information content (AvgIpc) is 3.48. The summed E-state index contributed by atoms with van der Waals surface area (Å²) in [7, 11) is 1.67. The van der Waals surface area contributed by atoms with Crippen molar-refractivity contribution in [3.05, 3.63) is 72.6 Å². The molecular weight excluding hydrogens is 555 g/mol. The van der Waals surface area contributed by atoms with Crippen molar-refractivity contribution < 1.29 is 14.6 Å². The van der Waals surface area contributed by atoms with Crippen molar-refractivity contribution in [1.82, 2.24) is 15.0 Å². The molecule has 0 amide bonds. The Morgan fingerprint density at radius 2 is 1.76 bits per heavy atom. The third-order valence-corrected chi connectivity index (χ3v) is 8.45. The number of aryl methyl sites for hydroxylation is 1. The van der Waals surface area contributed by atoms with E-state index in [1.807, 2.05) is 36.4 Å². The van der Waals surface area contributed by atoms with Crippen molar-refractivity contribution in [1.29, 1.82) is 0 Å². The van der Waals surface area contributed by atoms with Crippen molar-refractivity contribution >= 4 is 35.1 Å². The van der Waals surface area contributed by atoms with Gasteiger partial charge in [0.2, 0.25) is 0 Å². The number of hydrogen-bond donors (Lipinski definition) is 2. The lowest BCUT2D eigenvalue weighted by molar-refractivity contribution is -0.146. The zero-order valence-corrected chi connectivity index (χ0v) is 25.4. The minimum absolute atomic E-state index is 0.373. The number of ether oxygens (including phenoxy) is 1. The highest BCUT2D eigenvalue weighted by Gasteiger charge is 2.30. The summed E-state index contributed by atoms with van der Waals surface area (Å²) in [6.07, 6.45) is 8.48. The van der Waals surface area contributed by atoms with E-state index in [9.17, 15) is 9.90 Å². The van der Waals surface area contributed by atoms with E-state index in [-0.39, 0.29) is 0 Å². The summed E-state index contributed by atoms with van der Waals surface area (Å²) < 4.78 is 5.39. The number of carboxylic acid groups (broad SMARTS) is 1. The van der Waals surface area contributed by atoms with E-state index in [4.69, 9.17) is 14.9 Å². The Bertz CT molecular complexity index is 1440. The number of methoxy groups -OCH3 is 1. The van der Waals surface area contributed by atoms with Gasteiger partial charge in [0, 0.05) is 31.0 Å². The SMILES string of the molecule is COc1ccc(-c2nccnc2-c2ccccc2CCCCCCN(CC(C)(C)C(=O)O)c2cccc(SN)n2)s1. The molecule has 0 atom stereocenters. The highest BCUT2D eigenvalue weighted by atomic mass is 32.2. The summed E-state index contributed by atoms with van der Waals surface area (Å²) in [5.74, 6) is -0.0677. The Kier molecular flexibility index (Phi) is 10.7. The van der Waals surface area contributed by atoms with Crippen LogP contribution in [0.1, 0.15) is 45.1 Å². The fraction of sp³-hybridized carbons (Fsp3) is 0.355. The van der Waals surface area contributed by atoms with E-state index in [1.54, 1.807) is 44.7 Å². The number of unbranched alkanes of at least 4 members (excludes halogenated alkanes) is 3. The van der Waals surface area contributed by atoms with Gasteiger partial charge in [0.15, 0.2) is 5.06 Å². The molecule has 0 aliphatic carbocycles. The minimum Gasteiger partial charge on any atom is -0.487 e. The van der Waals surface area contributed by atoms with Crippen molar-refractivity contribution in [3.8, 4) is 26.9 Å². The highest BCUT2D eigenvalue weighted by Crippen LogP contribution is 2.37. The van der Waals surface area contributed by atoms with Crippen molar-refractivity contribution in [2.75, 3.05) is 25.1 Å². The Balaban J connectivity index is 1.38. The van der Waals surface area contributed by atoms with E-state index in [2.05, 4.69) is 33.1 Å². The standard InChI is InChI=1S/C31H37N5O3S2/c1-31(2,30(37)38)21-36(25-14-10-15-26(35-25)41-32)20-9-5-4-6-11-22-12-7-8-13-23(22)28-29(34-19-18-33-28)24-16-17-27(39-3)40-24/h7-8,10,12-19H,4-6,9,11,20-21,32H2,1-3H3,(H,37,38). The van der Waals surface area contributed by atoms with Crippen LogP contribution in [0.25, 0.3) is 21.8 Å². The third kappa shape index (κ3) is 8.06. The maximum atomic E-state index is 11.8. The summed E-state index contributed by atoms with van der Waals surface area (Å²) in [6, 6.07) is 18.1. The molecule has 3 aromatic heterocycles. The molecule has 0 radical (unpaired) electrons. The molecule has 8 nitrogen and oxygen atoms in total. The molecule has 10 heteroatoms. The smallest absolute Gasteiger partial charge is 0.310 e. The van der Waals surface area contributed by atoms with Gasteiger partial charge in [0.1, 0.15) is 16.5 Å². The van der Waals surface area contributed by atoms with Gasteiger partial charge in [0.05, 0.1) is 23.1 Å². The molecule has 0 aliphatic rings. The number of anilines is 1. The molecule has 0 saturated carbocycles. The number of carboxylic acids is 1. The van der Waals surface area contributed by atoms with Crippen molar-refractivity contribution in [2.45, 2.75) is 51.0 Å². The molecule has 1 aromatic carbocycles. The van der Waals surface area contributed by atoms with Crippen LogP contribution in [0.4, 0.5) is 5.82 Å². The molecule has 0 bridgehead atoms. The Morgan fingerprint density at radius 1 is 1.00 bits per heavy atom. The molecule has 0 fully saturated rings. The minimum atomic E-state index is -0.898. The quantitative estimate of drug-likeness (QED) is 0.112. The van der Waals surface area contributed by atoms with Crippen LogP contribution in [0, 0.1) is 5.41 Å². The van der Waals surface area contributed by atoms with Crippen LogP contribution in [0.5, 0.6) is 5.06 Å². The van der Waals surface area contributed by atoms with E-state index < -0.39 is 11.4 Å². The second-order valence-electron chi connectivity index (χ2n) is 10.5. The number of hydrogen-bond acceptors (Lipinski definition) is 9. The number of benzene rings is 1. The monoisotopic (exact) mass is 591 g/mol. The van der Waals surface area contributed by atoms with Gasteiger partial charge in [-0.15, -0.1) is 0 Å². The molecule has 41 heavy (non-hydrogen) atoms. The number of thiophene rings is 1. The summed E-state index contributed by atoms with van der Waals surface area (Å²) in [6.45, 7) is 4.60. The van der Waals surface area contributed by atoms with Gasteiger partial charge in [-0.1, -0.05) is 54.5 Å². The lowest BCUT2D eigenvalue weighted by Crippen LogP contribution is -2.40. The Morgan fingerprint density at radius 3 is 2.49 bits per heavy atom. The van der Waals surface area contributed by atoms with Gasteiger partial charge in [0.25, 0.3) is 0 Å². The van der Waals surface area contributed by atoms with Crippen LogP contribution in [0.15, 0.2) is 72.0 Å². The molecule has 3 heterocycles. The number of carbonyl (C=O) groups is 1. The fourth-order valence-corrected chi connectivity index (χ4v) is 5.80. The van der Waals surface area contributed by atoms with E-state index >= 15 is 0 Å². The molecule has 0 unspecified atom stereocenters. The predicted molar refractivity (Wildman–Crippen MR) is 167 cm³/mol. The normalized spacial score (nSPS) is 11.4. The van der Waals surface area contributed by atoms with E-state index in [1.165, 1.54) is 5.56 Å². The second kappa shape index (κ2) is 14.4. The van der Waals surface area contributed by atoms with Crippen molar-refractivity contribution in [3.63, 3.8) is 0 Å². The molecular formula is C31H37N5O3S2. The number of pyridine rings is 1. The van der Waals surface area contributed by atoms with Crippen LogP contribution in [-0.4, -0.2) is 46.2 Å². The number of aromatic nitrogens is 3. The van der Waals surface area contributed by atoms with Crippen LogP contribution in [-0.2, 0) is 11.2 Å². The molecule has 216 valence electrons. The summed E-state index contributed by atoms with van der Waals surface area (Å²) in [4.78, 5) is 28.9. The maximum Gasteiger partial charge on any atom is 0.310 e. The lowest BCUT2D eigenvalue weighted by Gasteiger charge is -2.31. The number of aliphatic carboxylic acids is 1. The molecule has 3 N–H and O–H groups in total. The lowest BCUT2D eigenvalue weighted by atomic mass is 9.93. The van der Waals surface area contributed by atoms with Gasteiger partial charge >= 0.3 is 5.97 Å². The van der Waals surface area contributed by atoms with E-state index in [0.717, 1.165) is 83.3 Å². The summed E-state index contributed by atoms with van der Waals surface area (Å²) in [5, 5.41) is 17.0. The molecule has 4 rings (SSSR count). The van der Waals surface area contributed by atoms with Crippen LogP contribution in [0.3, 0.4) is 0 Å². The third-order valence-electron chi connectivity index (χ3n) is 6.93. The van der Waals surface area contributed by atoms with E-state index in [0.29, 0.717) is 11.6 Å². The summed E-state index contributed by atoms with van der Waals surface area (Å²) >= 11 is 2.65. The number of rotatable bonds is 15. The second-order valence-corrected chi connectivity index (χ2v) is 12.2. The van der Waals surface area contributed by atoms with Crippen LogP contribution in [0.2, 0.25) is 0 Å². The summed E-state index contributed by atoms with van der Waals surface area (Å²) in [5.41, 5.74) is 3.21. The largest absolute Gasteiger partial charge is 0.487 e. The molecule has 0 spiro atoms.